The summed E-state index contributed by atoms with van der Waals surface area (Å²) in [5.41, 5.74) is 3.11. The molecule has 1 aliphatic rings. The molecule has 0 fully saturated rings. The van der Waals surface area contributed by atoms with Crippen molar-refractivity contribution in [1.29, 1.82) is 5.26 Å². The van der Waals surface area contributed by atoms with Crippen LogP contribution in [0.1, 0.15) is 36.2 Å². The van der Waals surface area contributed by atoms with E-state index in [0.29, 0.717) is 5.69 Å². The molecule has 3 nitrogen and oxygen atoms in total. The number of hydrogen-bond acceptors (Lipinski definition) is 2. The molecule has 0 unspecified atom stereocenters. The molecule has 1 aliphatic carbocycles. The smallest absolute Gasteiger partial charge is 0.165 e. The van der Waals surface area contributed by atoms with Crippen molar-refractivity contribution >= 4 is 0 Å². The number of aromatic nitrogens is 2. The quantitative estimate of drug-likeness (QED) is 0.561. The van der Waals surface area contributed by atoms with Crippen LogP contribution in [0.2, 0.25) is 0 Å². The van der Waals surface area contributed by atoms with Crippen molar-refractivity contribution in [3.8, 4) is 6.07 Å². The first kappa shape index (κ1) is 8.31. The summed E-state index contributed by atoms with van der Waals surface area (Å²) in [6.45, 7) is 0. The Morgan fingerprint density at radius 2 is 2.08 bits per heavy atom. The summed E-state index contributed by atoms with van der Waals surface area (Å²) in [7, 11) is 1.94. The highest BCUT2D eigenvalue weighted by Crippen LogP contribution is 2.22. The lowest BCUT2D eigenvalue weighted by Crippen LogP contribution is -1.98. The van der Waals surface area contributed by atoms with Gasteiger partial charge in [0.1, 0.15) is 6.07 Å². The van der Waals surface area contributed by atoms with E-state index in [-0.39, 0.29) is 0 Å². The Morgan fingerprint density at radius 1 is 1.31 bits per heavy atom. The average Bonchev–Trinajstić information content (AvgIpc) is 2.38. The molecule has 0 radical (unpaired) electrons. The van der Waals surface area contributed by atoms with E-state index in [1.165, 1.54) is 30.5 Å². The van der Waals surface area contributed by atoms with Crippen LogP contribution in [-0.4, -0.2) is 9.78 Å². The Balaban J connectivity index is 2.49. The van der Waals surface area contributed by atoms with Gasteiger partial charge in [-0.2, -0.15) is 10.4 Å². The van der Waals surface area contributed by atoms with E-state index in [2.05, 4.69) is 11.2 Å². The molecule has 0 aliphatic heterocycles. The van der Waals surface area contributed by atoms with Gasteiger partial charge in [0.05, 0.1) is 0 Å². The van der Waals surface area contributed by atoms with Gasteiger partial charge in [0.25, 0.3) is 0 Å². The normalized spacial score (nSPS) is 16.0. The molecule has 1 aromatic heterocycles. The first-order valence-electron chi connectivity index (χ1n) is 4.78. The van der Waals surface area contributed by atoms with E-state index in [0.717, 1.165) is 12.8 Å². The summed E-state index contributed by atoms with van der Waals surface area (Å²) < 4.78 is 1.87. The van der Waals surface area contributed by atoms with Crippen LogP contribution in [0.3, 0.4) is 0 Å². The zero-order valence-electron chi connectivity index (χ0n) is 7.88. The summed E-state index contributed by atoms with van der Waals surface area (Å²) in [6, 6.07) is 2.17. The maximum atomic E-state index is 8.87. The zero-order valence-corrected chi connectivity index (χ0v) is 7.88. The molecular weight excluding hydrogens is 162 g/mol. The fourth-order valence-electron chi connectivity index (χ4n) is 2.04. The second-order valence-corrected chi connectivity index (χ2v) is 3.57. The van der Waals surface area contributed by atoms with Gasteiger partial charge in [-0.05, 0) is 25.7 Å². The van der Waals surface area contributed by atoms with Crippen molar-refractivity contribution < 1.29 is 0 Å². The van der Waals surface area contributed by atoms with Gasteiger partial charge in [-0.3, -0.25) is 4.68 Å². The molecule has 0 spiro atoms. The number of rotatable bonds is 0. The highest BCUT2D eigenvalue weighted by molar-refractivity contribution is 5.35. The predicted molar refractivity (Wildman–Crippen MR) is 49.2 cm³/mol. The minimum atomic E-state index is 0.638. The lowest BCUT2D eigenvalue weighted by atomic mass is 10.1. The third-order valence-electron chi connectivity index (χ3n) is 2.72. The van der Waals surface area contributed by atoms with Crippen molar-refractivity contribution in [3.05, 3.63) is 17.0 Å². The van der Waals surface area contributed by atoms with Gasteiger partial charge in [-0.1, -0.05) is 6.42 Å². The van der Waals surface area contributed by atoms with Gasteiger partial charge in [-0.15, -0.1) is 0 Å². The second-order valence-electron chi connectivity index (χ2n) is 3.57. The molecule has 0 atom stereocenters. The van der Waals surface area contributed by atoms with Crippen molar-refractivity contribution in [3.63, 3.8) is 0 Å². The molecule has 2 rings (SSSR count). The van der Waals surface area contributed by atoms with Gasteiger partial charge in [0.15, 0.2) is 5.69 Å². The Labute approximate surface area is 78.0 Å². The molecule has 0 bridgehead atoms. The Morgan fingerprint density at radius 3 is 2.85 bits per heavy atom. The third kappa shape index (κ3) is 1.33. The minimum Gasteiger partial charge on any atom is -0.271 e. The van der Waals surface area contributed by atoms with Crippen LogP contribution in [0.4, 0.5) is 0 Å². The molecule has 68 valence electrons. The van der Waals surface area contributed by atoms with Crippen LogP contribution in [0, 0.1) is 11.3 Å². The Kier molecular flexibility index (Phi) is 2.05. The summed E-state index contributed by atoms with van der Waals surface area (Å²) in [4.78, 5) is 0. The first-order chi connectivity index (χ1) is 6.33. The van der Waals surface area contributed by atoms with Crippen molar-refractivity contribution in [2.75, 3.05) is 0 Å². The van der Waals surface area contributed by atoms with E-state index in [9.17, 15) is 0 Å². The fourth-order valence-corrected chi connectivity index (χ4v) is 2.04. The van der Waals surface area contributed by atoms with E-state index in [4.69, 9.17) is 5.26 Å². The predicted octanol–water partition coefficient (Wildman–Crippen LogP) is 1.56. The summed E-state index contributed by atoms with van der Waals surface area (Å²) in [5, 5.41) is 13.1. The van der Waals surface area contributed by atoms with Crippen LogP contribution in [0.25, 0.3) is 0 Å². The monoisotopic (exact) mass is 175 g/mol. The van der Waals surface area contributed by atoms with Crippen LogP contribution in [-0.2, 0) is 19.9 Å². The van der Waals surface area contributed by atoms with E-state index in [1.54, 1.807) is 0 Å². The molecule has 13 heavy (non-hydrogen) atoms. The van der Waals surface area contributed by atoms with Crippen LogP contribution in [0.5, 0.6) is 0 Å². The van der Waals surface area contributed by atoms with Crippen LogP contribution in [0.15, 0.2) is 0 Å². The number of hydrogen-bond donors (Lipinski definition) is 0. The van der Waals surface area contributed by atoms with Gasteiger partial charge >= 0.3 is 0 Å². The number of fused-ring (bicyclic) bond motifs is 1. The van der Waals surface area contributed by atoms with Gasteiger partial charge in [0, 0.05) is 18.3 Å². The van der Waals surface area contributed by atoms with Crippen molar-refractivity contribution in [2.24, 2.45) is 7.05 Å². The minimum absolute atomic E-state index is 0.638. The van der Waals surface area contributed by atoms with Gasteiger partial charge in [0.2, 0.25) is 0 Å². The second kappa shape index (κ2) is 3.21. The van der Waals surface area contributed by atoms with Crippen LogP contribution >= 0.6 is 0 Å². The maximum Gasteiger partial charge on any atom is 0.165 e. The largest absolute Gasteiger partial charge is 0.271 e. The molecule has 0 saturated heterocycles. The van der Waals surface area contributed by atoms with Crippen molar-refractivity contribution in [1.82, 2.24) is 9.78 Å². The number of aryl methyl sites for hydroxylation is 1. The Hall–Kier alpha value is -1.30. The van der Waals surface area contributed by atoms with E-state index < -0.39 is 0 Å². The molecule has 0 N–H and O–H groups in total. The maximum absolute atomic E-state index is 8.87. The molecule has 0 aromatic carbocycles. The standard InChI is InChI=1S/C10H13N3/c1-13-10-6-4-2-3-5-8(10)9(7-11)12-13/h2-6H2,1H3. The summed E-state index contributed by atoms with van der Waals surface area (Å²) in [6.07, 6.45) is 5.83. The lowest BCUT2D eigenvalue weighted by molar-refractivity contribution is 0.660. The molecule has 3 heteroatoms. The van der Waals surface area contributed by atoms with Gasteiger partial charge in [-0.25, -0.2) is 0 Å². The van der Waals surface area contributed by atoms with E-state index in [1.807, 2.05) is 11.7 Å². The molecule has 1 heterocycles. The third-order valence-corrected chi connectivity index (χ3v) is 2.72. The Bertz CT molecular complexity index is 357. The highest BCUT2D eigenvalue weighted by atomic mass is 15.3. The highest BCUT2D eigenvalue weighted by Gasteiger charge is 2.17. The SMILES string of the molecule is Cn1nc(C#N)c2c1CCCCC2. The van der Waals surface area contributed by atoms with Crippen molar-refractivity contribution in [2.45, 2.75) is 32.1 Å². The topological polar surface area (TPSA) is 41.6 Å². The van der Waals surface area contributed by atoms with Gasteiger partial charge < -0.3 is 0 Å². The summed E-state index contributed by atoms with van der Waals surface area (Å²) >= 11 is 0. The molecule has 0 amide bonds. The van der Waals surface area contributed by atoms with Crippen LogP contribution < -0.4 is 0 Å². The molecule has 0 saturated carbocycles. The zero-order chi connectivity index (χ0) is 9.26. The van der Waals surface area contributed by atoms with E-state index >= 15 is 0 Å². The number of nitriles is 1. The summed E-state index contributed by atoms with van der Waals surface area (Å²) in [5.74, 6) is 0. The fraction of sp³-hybridized carbons (Fsp3) is 0.600. The lowest BCUT2D eigenvalue weighted by Gasteiger charge is -1.99. The molecule has 1 aromatic rings. The number of nitrogens with zero attached hydrogens (tertiary/aromatic N) is 3. The molecular formula is C10H13N3. The first-order valence-corrected chi connectivity index (χ1v) is 4.78. The average molecular weight is 175 g/mol.